The minimum Gasteiger partial charge on any atom is -0.341 e. The molecule has 22 heavy (non-hydrogen) atoms. The zero-order chi connectivity index (χ0) is 15.6. The van der Waals surface area contributed by atoms with Gasteiger partial charge in [0, 0.05) is 24.7 Å². The number of piperidine rings is 1. The van der Waals surface area contributed by atoms with Crippen LogP contribution in [-0.4, -0.2) is 35.4 Å². The lowest BCUT2D eigenvalue weighted by Crippen LogP contribution is -2.50. The molecule has 1 aromatic rings. The van der Waals surface area contributed by atoms with Crippen molar-refractivity contribution in [1.29, 1.82) is 0 Å². The van der Waals surface area contributed by atoms with Crippen molar-refractivity contribution in [1.82, 2.24) is 15.2 Å². The highest BCUT2D eigenvalue weighted by Crippen LogP contribution is 2.39. The third-order valence-corrected chi connectivity index (χ3v) is 6.08. The summed E-state index contributed by atoms with van der Waals surface area (Å²) in [5.74, 6) is 1.49. The molecule has 0 bridgehead atoms. The Hall–Kier alpha value is -0.940. The molecule has 2 atom stereocenters. The maximum absolute atomic E-state index is 12.6. The molecule has 0 spiro atoms. The molecule has 1 amide bonds. The highest BCUT2D eigenvalue weighted by Gasteiger charge is 2.38. The fraction of sp³-hybridized carbons (Fsp3) is 0.765. The van der Waals surface area contributed by atoms with E-state index in [1.54, 1.807) is 11.3 Å². The van der Waals surface area contributed by atoms with Gasteiger partial charge in [-0.1, -0.05) is 26.7 Å². The first kappa shape index (κ1) is 15.9. The number of likely N-dealkylation sites (tertiary alicyclic amines) is 1. The second-order valence-corrected chi connectivity index (χ2v) is 8.12. The second-order valence-electron chi connectivity index (χ2n) is 7.22. The number of amides is 1. The molecule has 0 aromatic carbocycles. The van der Waals surface area contributed by atoms with Gasteiger partial charge in [0.15, 0.2) is 0 Å². The number of hydrogen-bond donors (Lipinski definition) is 1. The van der Waals surface area contributed by atoms with E-state index in [-0.39, 0.29) is 11.4 Å². The van der Waals surface area contributed by atoms with Crippen LogP contribution < -0.4 is 5.32 Å². The largest absolute Gasteiger partial charge is 0.341 e. The van der Waals surface area contributed by atoms with Gasteiger partial charge in [-0.25, -0.2) is 4.98 Å². The van der Waals surface area contributed by atoms with Gasteiger partial charge in [-0.05, 0) is 31.1 Å². The van der Waals surface area contributed by atoms with E-state index in [0.29, 0.717) is 18.4 Å². The fourth-order valence-corrected chi connectivity index (χ4v) is 5.00. The van der Waals surface area contributed by atoms with Crippen LogP contribution in [0.2, 0.25) is 0 Å². The molecule has 5 heteroatoms. The number of nitrogens with one attached hydrogen (secondary N) is 1. The quantitative estimate of drug-likeness (QED) is 0.927. The first-order chi connectivity index (χ1) is 10.6. The Bertz CT molecular complexity index is 486. The number of hydrogen-bond acceptors (Lipinski definition) is 4. The van der Waals surface area contributed by atoms with Crippen LogP contribution in [0.15, 0.2) is 11.6 Å². The van der Waals surface area contributed by atoms with Gasteiger partial charge in [-0.3, -0.25) is 10.1 Å². The molecule has 1 aliphatic carbocycles. The Morgan fingerprint density at radius 1 is 1.36 bits per heavy atom. The molecule has 1 N–H and O–H groups in total. The van der Waals surface area contributed by atoms with E-state index in [2.05, 4.69) is 29.0 Å². The molecule has 1 aliphatic heterocycles. The summed E-state index contributed by atoms with van der Waals surface area (Å²) in [5.41, 5.74) is -0.0587. The number of aromatic nitrogens is 1. The summed E-state index contributed by atoms with van der Waals surface area (Å²) in [6.45, 7) is 6.76. The molecule has 3 rings (SSSR count). The van der Waals surface area contributed by atoms with E-state index >= 15 is 0 Å². The molecule has 2 heterocycles. The third kappa shape index (κ3) is 3.35. The van der Waals surface area contributed by atoms with E-state index in [1.165, 1.54) is 19.3 Å². The number of nitrogens with zero attached hydrogens (tertiary/aromatic N) is 2. The topological polar surface area (TPSA) is 45.2 Å². The van der Waals surface area contributed by atoms with Crippen LogP contribution >= 0.6 is 11.3 Å². The lowest BCUT2D eigenvalue weighted by molar-refractivity contribution is -0.133. The molecule has 2 unspecified atom stereocenters. The van der Waals surface area contributed by atoms with Crippen LogP contribution in [-0.2, 0) is 10.3 Å². The van der Waals surface area contributed by atoms with E-state index < -0.39 is 0 Å². The van der Waals surface area contributed by atoms with E-state index in [0.717, 1.165) is 30.9 Å². The summed E-state index contributed by atoms with van der Waals surface area (Å²) < 4.78 is 0. The SMILES string of the molecule is CC1CC(C)CN(C(=O)CNC2(c3nccs3)CCCC2)C1. The van der Waals surface area contributed by atoms with Gasteiger partial charge in [0.2, 0.25) is 5.91 Å². The van der Waals surface area contributed by atoms with Crippen LogP contribution in [0.4, 0.5) is 0 Å². The van der Waals surface area contributed by atoms with Crippen molar-refractivity contribution in [3.05, 3.63) is 16.6 Å². The molecule has 2 fully saturated rings. The minimum absolute atomic E-state index is 0.0587. The Morgan fingerprint density at radius 3 is 2.64 bits per heavy atom. The Balaban J connectivity index is 1.62. The lowest BCUT2D eigenvalue weighted by atomic mass is 9.92. The van der Waals surface area contributed by atoms with Gasteiger partial charge < -0.3 is 4.90 Å². The van der Waals surface area contributed by atoms with Crippen molar-refractivity contribution in [2.45, 2.75) is 51.5 Å². The molecule has 1 aromatic heterocycles. The predicted molar refractivity (Wildman–Crippen MR) is 89.8 cm³/mol. The van der Waals surface area contributed by atoms with Crippen molar-refractivity contribution in [2.24, 2.45) is 11.8 Å². The average Bonchev–Trinajstić information content (AvgIpc) is 3.15. The summed E-state index contributed by atoms with van der Waals surface area (Å²) in [6, 6.07) is 0. The van der Waals surface area contributed by atoms with Crippen LogP contribution in [0.1, 0.15) is 51.0 Å². The Kier molecular flexibility index (Phi) is 4.83. The van der Waals surface area contributed by atoms with E-state index in [4.69, 9.17) is 0 Å². The number of carbonyl (C=O) groups excluding carboxylic acids is 1. The van der Waals surface area contributed by atoms with Gasteiger partial charge in [-0.15, -0.1) is 11.3 Å². The smallest absolute Gasteiger partial charge is 0.236 e. The van der Waals surface area contributed by atoms with Crippen LogP contribution in [0.3, 0.4) is 0 Å². The highest BCUT2D eigenvalue weighted by atomic mass is 32.1. The summed E-state index contributed by atoms with van der Waals surface area (Å²) >= 11 is 1.71. The van der Waals surface area contributed by atoms with Gasteiger partial charge in [-0.2, -0.15) is 0 Å². The molecule has 2 aliphatic rings. The number of rotatable bonds is 4. The molecular weight excluding hydrogens is 294 g/mol. The summed E-state index contributed by atoms with van der Waals surface area (Å²) in [5, 5.41) is 6.77. The summed E-state index contributed by atoms with van der Waals surface area (Å²) in [4.78, 5) is 19.2. The van der Waals surface area contributed by atoms with E-state index in [1.807, 2.05) is 11.6 Å². The monoisotopic (exact) mass is 321 g/mol. The van der Waals surface area contributed by atoms with E-state index in [9.17, 15) is 4.79 Å². The zero-order valence-electron chi connectivity index (χ0n) is 13.7. The average molecular weight is 321 g/mol. The lowest BCUT2D eigenvalue weighted by Gasteiger charge is -2.36. The van der Waals surface area contributed by atoms with Crippen molar-refractivity contribution >= 4 is 17.2 Å². The predicted octanol–water partition coefficient (Wildman–Crippen LogP) is 3.01. The number of carbonyl (C=O) groups is 1. The molecule has 0 radical (unpaired) electrons. The normalized spacial score (nSPS) is 28.0. The van der Waals surface area contributed by atoms with Gasteiger partial charge >= 0.3 is 0 Å². The highest BCUT2D eigenvalue weighted by molar-refractivity contribution is 7.09. The van der Waals surface area contributed by atoms with Crippen molar-refractivity contribution < 1.29 is 4.79 Å². The fourth-order valence-electron chi connectivity index (χ4n) is 4.13. The number of thiazole rings is 1. The van der Waals surface area contributed by atoms with Crippen molar-refractivity contribution in [2.75, 3.05) is 19.6 Å². The van der Waals surface area contributed by atoms with Crippen LogP contribution in [0.5, 0.6) is 0 Å². The van der Waals surface area contributed by atoms with Gasteiger partial charge in [0.1, 0.15) is 5.01 Å². The van der Waals surface area contributed by atoms with Gasteiger partial charge in [0.05, 0.1) is 12.1 Å². The molecule has 1 saturated carbocycles. The zero-order valence-corrected chi connectivity index (χ0v) is 14.5. The van der Waals surface area contributed by atoms with Crippen LogP contribution in [0.25, 0.3) is 0 Å². The van der Waals surface area contributed by atoms with Crippen LogP contribution in [0, 0.1) is 11.8 Å². The summed E-state index contributed by atoms with van der Waals surface area (Å²) in [7, 11) is 0. The molecule has 4 nitrogen and oxygen atoms in total. The molecule has 122 valence electrons. The van der Waals surface area contributed by atoms with Crippen molar-refractivity contribution in [3.8, 4) is 0 Å². The first-order valence-electron chi connectivity index (χ1n) is 8.52. The first-order valence-corrected chi connectivity index (χ1v) is 9.40. The van der Waals surface area contributed by atoms with Crippen molar-refractivity contribution in [3.63, 3.8) is 0 Å². The second kappa shape index (κ2) is 6.67. The minimum atomic E-state index is -0.0587. The standard InChI is InChI=1S/C17H27N3OS/c1-13-9-14(2)12-20(11-13)15(21)10-19-17(5-3-4-6-17)16-18-7-8-22-16/h7-8,13-14,19H,3-6,9-12H2,1-2H3. The Labute approximate surface area is 137 Å². The Morgan fingerprint density at radius 2 is 2.05 bits per heavy atom. The van der Waals surface area contributed by atoms with Gasteiger partial charge in [0.25, 0.3) is 0 Å². The molecule has 1 saturated heterocycles. The summed E-state index contributed by atoms with van der Waals surface area (Å²) in [6.07, 6.45) is 7.75. The maximum atomic E-state index is 12.6. The maximum Gasteiger partial charge on any atom is 0.236 e. The third-order valence-electron chi connectivity index (χ3n) is 5.10. The molecular formula is C17H27N3OS.